The highest BCUT2D eigenvalue weighted by Gasteiger charge is 2.37. The Morgan fingerprint density at radius 1 is 1.17 bits per heavy atom. The normalized spacial score (nSPS) is 26.3. The molecule has 0 bridgehead atoms. The van der Waals surface area contributed by atoms with Crippen molar-refractivity contribution in [2.75, 3.05) is 19.6 Å². The molecule has 2 rings (SSSR count). The second kappa shape index (κ2) is 6.91. The number of hydrogen-bond acceptors (Lipinski definition) is 2. The Hall–Kier alpha value is -0.0800. The summed E-state index contributed by atoms with van der Waals surface area (Å²) in [4.78, 5) is 2.78. The summed E-state index contributed by atoms with van der Waals surface area (Å²) in [6.07, 6.45) is 12.6. The highest BCUT2D eigenvalue weighted by atomic mass is 15.2. The molecule has 1 heterocycles. The summed E-state index contributed by atoms with van der Waals surface area (Å²) in [5.74, 6) is 0. The van der Waals surface area contributed by atoms with E-state index in [1.54, 1.807) is 0 Å². The summed E-state index contributed by atoms with van der Waals surface area (Å²) in [7, 11) is 0. The molecule has 1 saturated carbocycles. The first-order valence-electron chi connectivity index (χ1n) is 8.25. The van der Waals surface area contributed by atoms with Gasteiger partial charge in [0.15, 0.2) is 0 Å². The molecule has 1 N–H and O–H groups in total. The van der Waals surface area contributed by atoms with E-state index in [0.29, 0.717) is 5.54 Å². The van der Waals surface area contributed by atoms with Crippen LogP contribution in [0.3, 0.4) is 0 Å². The van der Waals surface area contributed by atoms with Gasteiger partial charge in [0.05, 0.1) is 0 Å². The number of nitrogens with zero attached hydrogens (tertiary/aromatic N) is 1. The van der Waals surface area contributed by atoms with Gasteiger partial charge in [0.2, 0.25) is 0 Å². The molecule has 2 aliphatic rings. The number of rotatable bonds is 5. The molecule has 1 spiro atoms. The Balaban J connectivity index is 1.86. The van der Waals surface area contributed by atoms with E-state index in [-0.39, 0.29) is 0 Å². The van der Waals surface area contributed by atoms with Gasteiger partial charge in [-0.2, -0.15) is 0 Å². The lowest BCUT2D eigenvalue weighted by molar-refractivity contribution is 0.157. The van der Waals surface area contributed by atoms with Crippen molar-refractivity contribution in [2.45, 2.75) is 83.2 Å². The fourth-order valence-electron chi connectivity index (χ4n) is 3.79. The molecular formula is C16H32N2. The molecule has 18 heavy (non-hydrogen) atoms. The van der Waals surface area contributed by atoms with Gasteiger partial charge in [-0.05, 0) is 45.7 Å². The zero-order chi connectivity index (χ0) is 12.8. The van der Waals surface area contributed by atoms with E-state index in [2.05, 4.69) is 24.1 Å². The fourth-order valence-corrected chi connectivity index (χ4v) is 3.79. The molecule has 0 aromatic rings. The fraction of sp³-hybridized carbons (Fsp3) is 1.00. The maximum absolute atomic E-state index is 3.87. The van der Waals surface area contributed by atoms with E-state index in [4.69, 9.17) is 0 Å². The molecular weight excluding hydrogens is 220 g/mol. The van der Waals surface area contributed by atoms with Crippen LogP contribution in [0.4, 0.5) is 0 Å². The molecule has 1 aliphatic heterocycles. The lowest BCUT2D eigenvalue weighted by Crippen LogP contribution is -2.51. The summed E-state index contributed by atoms with van der Waals surface area (Å²) in [5.41, 5.74) is 0.482. The largest absolute Gasteiger partial charge is 0.310 e. The van der Waals surface area contributed by atoms with Gasteiger partial charge in [-0.3, -0.25) is 4.90 Å². The Kier molecular flexibility index (Phi) is 5.50. The molecule has 2 heteroatoms. The highest BCUT2D eigenvalue weighted by molar-refractivity contribution is 4.97. The predicted octanol–water partition coefficient (Wildman–Crippen LogP) is 3.56. The maximum atomic E-state index is 3.87. The Morgan fingerprint density at radius 3 is 2.67 bits per heavy atom. The van der Waals surface area contributed by atoms with E-state index in [1.165, 1.54) is 77.4 Å². The van der Waals surface area contributed by atoms with Crippen molar-refractivity contribution >= 4 is 0 Å². The number of unbranched alkanes of at least 4 members (excludes halogenated alkanes) is 2. The van der Waals surface area contributed by atoms with Crippen molar-refractivity contribution in [3.63, 3.8) is 0 Å². The Morgan fingerprint density at radius 2 is 1.94 bits per heavy atom. The van der Waals surface area contributed by atoms with Crippen LogP contribution < -0.4 is 5.32 Å². The van der Waals surface area contributed by atoms with Gasteiger partial charge in [-0.1, -0.05) is 39.0 Å². The smallest absolute Gasteiger partial charge is 0.0308 e. The minimum Gasteiger partial charge on any atom is -0.310 e. The molecule has 106 valence electrons. The van der Waals surface area contributed by atoms with Crippen LogP contribution in [0.5, 0.6) is 0 Å². The summed E-state index contributed by atoms with van der Waals surface area (Å²) < 4.78 is 0. The third-order valence-corrected chi connectivity index (χ3v) is 5.04. The van der Waals surface area contributed by atoms with Crippen LogP contribution in [0.25, 0.3) is 0 Å². The molecule has 1 unspecified atom stereocenters. The van der Waals surface area contributed by atoms with Gasteiger partial charge in [0.25, 0.3) is 0 Å². The molecule has 0 radical (unpaired) electrons. The molecule has 1 saturated heterocycles. The van der Waals surface area contributed by atoms with Gasteiger partial charge < -0.3 is 5.32 Å². The Labute approximate surface area is 114 Å². The third kappa shape index (κ3) is 3.71. The SMILES string of the molecule is CCCCCC(C)N1CCCNC2(CCCC2)C1. The highest BCUT2D eigenvalue weighted by Crippen LogP contribution is 2.32. The van der Waals surface area contributed by atoms with Gasteiger partial charge in [-0.15, -0.1) is 0 Å². The van der Waals surface area contributed by atoms with E-state index in [9.17, 15) is 0 Å². The van der Waals surface area contributed by atoms with E-state index >= 15 is 0 Å². The summed E-state index contributed by atoms with van der Waals surface area (Å²) in [6, 6.07) is 0.786. The summed E-state index contributed by atoms with van der Waals surface area (Å²) in [6.45, 7) is 8.60. The number of nitrogens with one attached hydrogen (secondary N) is 1. The summed E-state index contributed by atoms with van der Waals surface area (Å²) >= 11 is 0. The quantitative estimate of drug-likeness (QED) is 0.753. The molecule has 0 aromatic carbocycles. The first-order chi connectivity index (χ1) is 8.76. The van der Waals surface area contributed by atoms with Crippen molar-refractivity contribution < 1.29 is 0 Å². The van der Waals surface area contributed by atoms with Crippen molar-refractivity contribution in [2.24, 2.45) is 0 Å². The van der Waals surface area contributed by atoms with Crippen molar-refractivity contribution in [1.29, 1.82) is 0 Å². The first-order valence-corrected chi connectivity index (χ1v) is 8.25. The average molecular weight is 252 g/mol. The van der Waals surface area contributed by atoms with Crippen LogP contribution in [-0.2, 0) is 0 Å². The van der Waals surface area contributed by atoms with Crippen molar-refractivity contribution in [1.82, 2.24) is 10.2 Å². The molecule has 2 nitrogen and oxygen atoms in total. The van der Waals surface area contributed by atoms with Crippen LogP contribution in [0.2, 0.25) is 0 Å². The van der Waals surface area contributed by atoms with Crippen LogP contribution in [0.15, 0.2) is 0 Å². The van der Waals surface area contributed by atoms with E-state index < -0.39 is 0 Å². The third-order valence-electron chi connectivity index (χ3n) is 5.04. The van der Waals surface area contributed by atoms with E-state index in [0.717, 1.165) is 6.04 Å². The maximum Gasteiger partial charge on any atom is 0.0308 e. The van der Waals surface area contributed by atoms with Crippen molar-refractivity contribution in [3.8, 4) is 0 Å². The topological polar surface area (TPSA) is 15.3 Å². The van der Waals surface area contributed by atoms with Crippen LogP contribution >= 0.6 is 0 Å². The zero-order valence-electron chi connectivity index (χ0n) is 12.5. The van der Waals surface area contributed by atoms with Gasteiger partial charge in [-0.25, -0.2) is 0 Å². The molecule has 1 atom stereocenters. The minimum atomic E-state index is 0.482. The molecule has 2 fully saturated rings. The van der Waals surface area contributed by atoms with Gasteiger partial charge in [0, 0.05) is 18.1 Å². The van der Waals surface area contributed by atoms with Crippen molar-refractivity contribution in [3.05, 3.63) is 0 Å². The van der Waals surface area contributed by atoms with Crippen LogP contribution in [0.1, 0.15) is 71.6 Å². The Bertz CT molecular complexity index is 233. The molecule has 1 aliphatic carbocycles. The monoisotopic (exact) mass is 252 g/mol. The zero-order valence-corrected chi connectivity index (χ0v) is 12.5. The standard InChI is InChI=1S/C16H32N2/c1-3-4-5-9-15(2)18-13-8-12-17-16(14-18)10-6-7-11-16/h15,17H,3-14H2,1-2H3. The van der Waals surface area contributed by atoms with Crippen LogP contribution in [0, 0.1) is 0 Å². The average Bonchev–Trinajstić information content (AvgIpc) is 2.70. The second-order valence-corrected chi connectivity index (χ2v) is 6.58. The predicted molar refractivity (Wildman–Crippen MR) is 79.0 cm³/mol. The minimum absolute atomic E-state index is 0.482. The van der Waals surface area contributed by atoms with E-state index in [1.807, 2.05) is 0 Å². The first kappa shape index (κ1) is 14.3. The van der Waals surface area contributed by atoms with Gasteiger partial charge >= 0.3 is 0 Å². The lowest BCUT2D eigenvalue weighted by atomic mass is 9.96. The molecule has 0 amide bonds. The van der Waals surface area contributed by atoms with Crippen LogP contribution in [-0.4, -0.2) is 36.1 Å². The second-order valence-electron chi connectivity index (χ2n) is 6.58. The van der Waals surface area contributed by atoms with Gasteiger partial charge in [0.1, 0.15) is 0 Å². The number of hydrogen-bond donors (Lipinski definition) is 1. The summed E-state index contributed by atoms with van der Waals surface area (Å²) in [5, 5.41) is 3.87. The lowest BCUT2D eigenvalue weighted by Gasteiger charge is -2.36. The molecule has 0 aromatic heterocycles.